The van der Waals surface area contributed by atoms with E-state index in [2.05, 4.69) is 5.92 Å². The summed E-state index contributed by atoms with van der Waals surface area (Å²) in [5.74, 6) is 4.20. The van der Waals surface area contributed by atoms with E-state index in [-0.39, 0.29) is 0 Å². The lowest BCUT2D eigenvalue weighted by molar-refractivity contribution is 0.306. The van der Waals surface area contributed by atoms with Gasteiger partial charge >= 0.3 is 0 Å². The molecule has 0 saturated carbocycles. The summed E-state index contributed by atoms with van der Waals surface area (Å²) in [5.41, 5.74) is 3.97. The fraction of sp³-hybridized carbons (Fsp3) is 0.0909. The van der Waals surface area contributed by atoms with E-state index < -0.39 is 0 Å². The predicted octanol–water partition coefficient (Wildman–Crippen LogP) is 4.92. The van der Waals surface area contributed by atoms with Gasteiger partial charge in [-0.3, -0.25) is 0 Å². The van der Waals surface area contributed by atoms with Crippen molar-refractivity contribution in [1.82, 2.24) is 0 Å². The SMILES string of the molecule is C#Cc1cc(-c2cccc(OCc3ccccc3)c2)ccc1OC. The highest BCUT2D eigenvalue weighted by molar-refractivity contribution is 5.68. The van der Waals surface area contributed by atoms with Crippen molar-refractivity contribution in [3.8, 4) is 35.0 Å². The zero-order valence-corrected chi connectivity index (χ0v) is 13.5. The fourth-order valence-corrected chi connectivity index (χ4v) is 2.51. The zero-order valence-electron chi connectivity index (χ0n) is 13.5. The molecule has 2 heteroatoms. The molecule has 118 valence electrons. The molecule has 0 heterocycles. The molecule has 3 rings (SSSR count). The van der Waals surface area contributed by atoms with E-state index in [1.54, 1.807) is 7.11 Å². The molecular formula is C22H18O2. The van der Waals surface area contributed by atoms with Gasteiger partial charge in [0, 0.05) is 0 Å². The van der Waals surface area contributed by atoms with Crippen LogP contribution in [0.15, 0.2) is 72.8 Å². The number of hydrogen-bond acceptors (Lipinski definition) is 2. The molecule has 0 amide bonds. The first kappa shape index (κ1) is 15.7. The lowest BCUT2D eigenvalue weighted by atomic mass is 10.0. The molecule has 0 aliphatic heterocycles. The maximum Gasteiger partial charge on any atom is 0.134 e. The Balaban J connectivity index is 1.81. The monoisotopic (exact) mass is 314 g/mol. The van der Waals surface area contributed by atoms with Gasteiger partial charge in [-0.2, -0.15) is 0 Å². The van der Waals surface area contributed by atoms with Crippen molar-refractivity contribution < 1.29 is 9.47 Å². The minimum atomic E-state index is 0.544. The van der Waals surface area contributed by atoms with E-state index in [1.165, 1.54) is 0 Å². The van der Waals surface area contributed by atoms with Crippen LogP contribution in [0.1, 0.15) is 11.1 Å². The van der Waals surface area contributed by atoms with Crippen molar-refractivity contribution in [2.45, 2.75) is 6.61 Å². The van der Waals surface area contributed by atoms with E-state index in [4.69, 9.17) is 15.9 Å². The molecule has 3 aromatic carbocycles. The van der Waals surface area contributed by atoms with Crippen molar-refractivity contribution >= 4 is 0 Å². The van der Waals surface area contributed by atoms with Gasteiger partial charge < -0.3 is 9.47 Å². The van der Waals surface area contributed by atoms with Crippen LogP contribution in [0.5, 0.6) is 11.5 Å². The van der Waals surface area contributed by atoms with Crippen molar-refractivity contribution in [1.29, 1.82) is 0 Å². The molecule has 0 atom stereocenters. The Morgan fingerprint density at radius 2 is 1.67 bits per heavy atom. The second kappa shape index (κ2) is 7.39. The normalized spacial score (nSPS) is 10.0. The predicted molar refractivity (Wildman–Crippen MR) is 97.1 cm³/mol. The summed E-state index contributed by atoms with van der Waals surface area (Å²) in [5, 5.41) is 0. The highest BCUT2D eigenvalue weighted by Gasteiger charge is 2.05. The summed E-state index contributed by atoms with van der Waals surface area (Å²) < 4.78 is 11.2. The molecule has 0 radical (unpaired) electrons. The van der Waals surface area contributed by atoms with Crippen LogP contribution in [-0.4, -0.2) is 7.11 Å². The first-order chi connectivity index (χ1) is 11.8. The van der Waals surface area contributed by atoms with Crippen LogP contribution in [-0.2, 0) is 6.61 Å². The Bertz CT molecular complexity index is 861. The summed E-state index contributed by atoms with van der Waals surface area (Å²) in [4.78, 5) is 0. The number of terminal acetylenes is 1. The molecule has 0 aromatic heterocycles. The van der Waals surface area contributed by atoms with Gasteiger partial charge in [-0.05, 0) is 41.0 Å². The Hall–Kier alpha value is -3.18. The minimum absolute atomic E-state index is 0.544. The van der Waals surface area contributed by atoms with Gasteiger partial charge in [0.25, 0.3) is 0 Å². The van der Waals surface area contributed by atoms with E-state index in [0.29, 0.717) is 12.4 Å². The maximum absolute atomic E-state index is 5.89. The van der Waals surface area contributed by atoms with Gasteiger partial charge in [0.15, 0.2) is 0 Å². The first-order valence-corrected chi connectivity index (χ1v) is 7.72. The van der Waals surface area contributed by atoms with E-state index >= 15 is 0 Å². The summed E-state index contributed by atoms with van der Waals surface area (Å²) >= 11 is 0. The fourth-order valence-electron chi connectivity index (χ4n) is 2.51. The Morgan fingerprint density at radius 1 is 0.875 bits per heavy atom. The molecule has 0 spiro atoms. The lowest BCUT2D eigenvalue weighted by Gasteiger charge is -2.10. The average Bonchev–Trinajstić information content (AvgIpc) is 2.67. The Labute approximate surface area is 142 Å². The first-order valence-electron chi connectivity index (χ1n) is 7.72. The van der Waals surface area contributed by atoms with Gasteiger partial charge in [-0.1, -0.05) is 54.5 Å². The van der Waals surface area contributed by atoms with Crippen LogP contribution < -0.4 is 9.47 Å². The van der Waals surface area contributed by atoms with Crippen molar-refractivity contribution in [2.75, 3.05) is 7.11 Å². The van der Waals surface area contributed by atoms with Gasteiger partial charge in [0.1, 0.15) is 18.1 Å². The second-order valence-corrected chi connectivity index (χ2v) is 5.36. The molecule has 24 heavy (non-hydrogen) atoms. The van der Waals surface area contributed by atoms with Crippen LogP contribution in [0.4, 0.5) is 0 Å². The Morgan fingerprint density at radius 3 is 2.42 bits per heavy atom. The van der Waals surface area contributed by atoms with Gasteiger partial charge in [0.05, 0.1) is 12.7 Å². The summed E-state index contributed by atoms with van der Waals surface area (Å²) in [6.07, 6.45) is 5.56. The highest BCUT2D eigenvalue weighted by Crippen LogP contribution is 2.28. The van der Waals surface area contributed by atoms with E-state index in [0.717, 1.165) is 28.0 Å². The van der Waals surface area contributed by atoms with Crippen molar-refractivity contribution in [2.24, 2.45) is 0 Å². The van der Waals surface area contributed by atoms with Gasteiger partial charge in [-0.25, -0.2) is 0 Å². The second-order valence-electron chi connectivity index (χ2n) is 5.36. The molecule has 2 nitrogen and oxygen atoms in total. The van der Waals surface area contributed by atoms with Crippen LogP contribution in [0, 0.1) is 12.3 Å². The zero-order chi connectivity index (χ0) is 16.8. The van der Waals surface area contributed by atoms with E-state index in [1.807, 2.05) is 72.8 Å². The average molecular weight is 314 g/mol. The van der Waals surface area contributed by atoms with Crippen molar-refractivity contribution in [3.05, 3.63) is 83.9 Å². The van der Waals surface area contributed by atoms with Gasteiger partial charge in [0.2, 0.25) is 0 Å². The summed E-state index contributed by atoms with van der Waals surface area (Å²) in [7, 11) is 1.62. The molecule has 0 bridgehead atoms. The summed E-state index contributed by atoms with van der Waals surface area (Å²) in [6.45, 7) is 0.544. The van der Waals surface area contributed by atoms with Crippen LogP contribution in [0.25, 0.3) is 11.1 Å². The molecule has 3 aromatic rings. The maximum atomic E-state index is 5.89. The van der Waals surface area contributed by atoms with E-state index in [9.17, 15) is 0 Å². The molecule has 0 unspecified atom stereocenters. The smallest absolute Gasteiger partial charge is 0.134 e. The van der Waals surface area contributed by atoms with Gasteiger partial charge in [-0.15, -0.1) is 6.42 Å². The number of methoxy groups -OCH3 is 1. The number of rotatable bonds is 5. The molecule has 0 aliphatic rings. The third-order valence-corrected chi connectivity index (χ3v) is 3.77. The third-order valence-electron chi connectivity index (χ3n) is 3.77. The summed E-state index contributed by atoms with van der Waals surface area (Å²) in [6, 6.07) is 23.9. The molecule has 0 saturated heterocycles. The molecular weight excluding hydrogens is 296 g/mol. The quantitative estimate of drug-likeness (QED) is 0.622. The number of ether oxygens (including phenoxy) is 2. The van der Waals surface area contributed by atoms with Crippen molar-refractivity contribution in [3.63, 3.8) is 0 Å². The lowest BCUT2D eigenvalue weighted by Crippen LogP contribution is -1.95. The Kier molecular flexibility index (Phi) is 4.84. The van der Waals surface area contributed by atoms with Crippen LogP contribution in [0.2, 0.25) is 0 Å². The molecule has 0 aliphatic carbocycles. The molecule has 0 fully saturated rings. The van der Waals surface area contributed by atoms with Crippen LogP contribution in [0.3, 0.4) is 0 Å². The van der Waals surface area contributed by atoms with Crippen LogP contribution >= 0.6 is 0 Å². The standard InChI is InChI=1S/C22H18O2/c1-3-18-14-20(12-13-22(18)23-2)19-10-7-11-21(15-19)24-16-17-8-5-4-6-9-17/h1,4-15H,16H2,2H3. The minimum Gasteiger partial charge on any atom is -0.495 e. The highest BCUT2D eigenvalue weighted by atomic mass is 16.5. The largest absolute Gasteiger partial charge is 0.495 e. The third kappa shape index (κ3) is 3.59. The number of benzene rings is 3. The topological polar surface area (TPSA) is 18.5 Å². The number of hydrogen-bond donors (Lipinski definition) is 0. The molecule has 0 N–H and O–H groups in total.